The summed E-state index contributed by atoms with van der Waals surface area (Å²) in [6.45, 7) is 0. The van der Waals surface area contributed by atoms with E-state index in [2.05, 4.69) is 157 Å². The molecule has 0 aliphatic carbocycles. The molecular weight excluding hydrogens is 683 g/mol. The smallest absolute Gasteiger partial charge is 0.137 e. The molecule has 4 nitrogen and oxygen atoms in total. The lowest BCUT2D eigenvalue weighted by Gasteiger charge is -2.45. The molecular formula is C49H29NO3S. The van der Waals surface area contributed by atoms with Gasteiger partial charge in [-0.15, -0.1) is 0 Å². The number of para-hydroxylation sites is 4. The Hall–Kier alpha value is -6.69. The molecule has 10 aromatic rings. The minimum Gasteiger partial charge on any atom is -0.457 e. The van der Waals surface area contributed by atoms with Crippen LogP contribution in [0.3, 0.4) is 0 Å². The van der Waals surface area contributed by atoms with Gasteiger partial charge >= 0.3 is 0 Å². The van der Waals surface area contributed by atoms with Crippen molar-refractivity contribution in [2.45, 2.75) is 15.2 Å². The van der Waals surface area contributed by atoms with Crippen molar-refractivity contribution >= 4 is 72.7 Å². The molecule has 0 saturated heterocycles. The topological polar surface area (TPSA) is 38.8 Å². The maximum atomic E-state index is 6.59. The van der Waals surface area contributed by atoms with E-state index < -0.39 is 5.41 Å². The molecule has 8 aromatic carbocycles. The summed E-state index contributed by atoms with van der Waals surface area (Å²) in [5.41, 5.74) is 10.7. The standard InChI is InChI=1S/C49H29NO3S/c1-6-16-41-33(11-1)35-24-21-30(27-45(35)51-41)50(31-22-25-36-34-12-2-7-17-42(34)52-46(36)28-31)32-23-26-40-48(29-32)54-47-20-10-5-15-39(47)49(40)37-13-3-8-18-43(37)53-44-19-9-4-14-38(44)49/h1-29H. The van der Waals surface area contributed by atoms with Crippen LogP contribution in [-0.2, 0) is 5.41 Å². The first-order valence-electron chi connectivity index (χ1n) is 18.2. The van der Waals surface area contributed by atoms with Crippen LogP contribution in [-0.4, -0.2) is 0 Å². The van der Waals surface area contributed by atoms with Gasteiger partial charge in [-0.25, -0.2) is 0 Å². The Labute approximate surface area is 314 Å². The van der Waals surface area contributed by atoms with Crippen LogP contribution in [0.5, 0.6) is 11.5 Å². The van der Waals surface area contributed by atoms with Gasteiger partial charge in [0, 0.05) is 71.7 Å². The zero-order chi connectivity index (χ0) is 35.4. The molecule has 2 aromatic heterocycles. The monoisotopic (exact) mass is 711 g/mol. The molecule has 2 aliphatic heterocycles. The number of rotatable bonds is 3. The molecule has 5 heteroatoms. The fourth-order valence-corrected chi connectivity index (χ4v) is 10.1. The molecule has 0 N–H and O–H groups in total. The molecule has 54 heavy (non-hydrogen) atoms. The Morgan fingerprint density at radius 1 is 0.370 bits per heavy atom. The van der Waals surface area contributed by atoms with E-state index in [1.165, 1.54) is 20.9 Å². The average molecular weight is 712 g/mol. The highest BCUT2D eigenvalue weighted by Crippen LogP contribution is 2.62. The summed E-state index contributed by atoms with van der Waals surface area (Å²) in [7, 11) is 0. The zero-order valence-electron chi connectivity index (χ0n) is 28.8. The van der Waals surface area contributed by atoms with Crippen LogP contribution in [0.15, 0.2) is 195 Å². The number of anilines is 3. The Bertz CT molecular complexity index is 2980. The van der Waals surface area contributed by atoms with E-state index in [1.54, 1.807) is 0 Å². The first kappa shape index (κ1) is 29.8. The van der Waals surface area contributed by atoms with Crippen molar-refractivity contribution in [1.29, 1.82) is 0 Å². The second-order valence-corrected chi connectivity index (χ2v) is 15.1. The van der Waals surface area contributed by atoms with E-state index in [4.69, 9.17) is 13.6 Å². The predicted octanol–water partition coefficient (Wildman–Crippen LogP) is 13.9. The summed E-state index contributed by atoms with van der Waals surface area (Å²) < 4.78 is 19.5. The van der Waals surface area contributed by atoms with Gasteiger partial charge in [0.15, 0.2) is 0 Å². The molecule has 0 saturated carbocycles. The molecule has 254 valence electrons. The number of hydrogen-bond donors (Lipinski definition) is 0. The summed E-state index contributed by atoms with van der Waals surface area (Å²) in [4.78, 5) is 4.74. The van der Waals surface area contributed by atoms with Crippen molar-refractivity contribution < 1.29 is 13.6 Å². The molecule has 0 amide bonds. The lowest BCUT2D eigenvalue weighted by Crippen LogP contribution is -2.36. The van der Waals surface area contributed by atoms with E-state index >= 15 is 0 Å². The Kier molecular flexibility index (Phi) is 6.17. The minimum absolute atomic E-state index is 0.563. The maximum Gasteiger partial charge on any atom is 0.137 e. The van der Waals surface area contributed by atoms with Gasteiger partial charge in [-0.05, 0) is 77.9 Å². The normalized spacial score (nSPS) is 13.8. The van der Waals surface area contributed by atoms with Crippen LogP contribution in [0.1, 0.15) is 22.3 Å². The van der Waals surface area contributed by atoms with Crippen molar-refractivity contribution in [3.63, 3.8) is 0 Å². The number of benzene rings is 8. The first-order chi connectivity index (χ1) is 26.7. The van der Waals surface area contributed by atoms with Crippen LogP contribution in [0, 0.1) is 0 Å². The van der Waals surface area contributed by atoms with Gasteiger partial charge in [0.1, 0.15) is 33.8 Å². The van der Waals surface area contributed by atoms with Gasteiger partial charge in [-0.3, -0.25) is 0 Å². The van der Waals surface area contributed by atoms with Crippen LogP contribution in [0.25, 0.3) is 43.9 Å². The lowest BCUT2D eigenvalue weighted by atomic mass is 9.63. The van der Waals surface area contributed by atoms with Gasteiger partial charge < -0.3 is 18.5 Å². The highest BCUT2D eigenvalue weighted by Gasteiger charge is 2.49. The van der Waals surface area contributed by atoms with Crippen molar-refractivity contribution in [2.24, 2.45) is 0 Å². The van der Waals surface area contributed by atoms with Gasteiger partial charge in [0.2, 0.25) is 0 Å². The van der Waals surface area contributed by atoms with Crippen LogP contribution < -0.4 is 9.64 Å². The van der Waals surface area contributed by atoms with Gasteiger partial charge in [-0.2, -0.15) is 0 Å². The quantitative estimate of drug-likeness (QED) is 0.182. The molecule has 0 bridgehead atoms. The molecule has 12 rings (SSSR count). The van der Waals surface area contributed by atoms with Crippen LogP contribution in [0.4, 0.5) is 17.1 Å². The third kappa shape index (κ3) is 4.10. The van der Waals surface area contributed by atoms with Crippen molar-refractivity contribution in [1.82, 2.24) is 0 Å². The summed E-state index contributed by atoms with van der Waals surface area (Å²) in [6, 6.07) is 62.3. The summed E-state index contributed by atoms with van der Waals surface area (Å²) in [5.74, 6) is 1.76. The van der Waals surface area contributed by atoms with E-state index in [1.807, 2.05) is 36.0 Å². The number of hydrogen-bond acceptors (Lipinski definition) is 5. The highest BCUT2D eigenvalue weighted by molar-refractivity contribution is 7.99. The average Bonchev–Trinajstić information content (AvgIpc) is 3.78. The fourth-order valence-electron chi connectivity index (χ4n) is 8.90. The second kappa shape index (κ2) is 11.2. The van der Waals surface area contributed by atoms with Crippen LogP contribution >= 0.6 is 11.8 Å². The summed E-state index contributed by atoms with van der Waals surface area (Å²) >= 11 is 1.83. The molecule has 0 fully saturated rings. The third-order valence-electron chi connectivity index (χ3n) is 11.2. The van der Waals surface area contributed by atoms with Crippen molar-refractivity contribution in [3.05, 3.63) is 198 Å². The van der Waals surface area contributed by atoms with E-state index in [-0.39, 0.29) is 0 Å². The maximum absolute atomic E-state index is 6.59. The molecule has 0 atom stereocenters. The number of nitrogens with zero attached hydrogens (tertiary/aromatic N) is 1. The first-order valence-corrected chi connectivity index (χ1v) is 19.0. The SMILES string of the molecule is c1ccc2c(c1)Oc1ccccc1C21c2ccccc2Sc2cc(N(c3ccc4c(c3)oc3ccccc34)c3ccc4c(c3)oc3ccccc34)ccc21. The van der Waals surface area contributed by atoms with Crippen LogP contribution in [0.2, 0.25) is 0 Å². The molecule has 4 heterocycles. The highest BCUT2D eigenvalue weighted by atomic mass is 32.2. The molecule has 0 unspecified atom stereocenters. The summed E-state index contributed by atoms with van der Waals surface area (Å²) in [5, 5.41) is 4.41. The second-order valence-electron chi connectivity index (χ2n) is 14.0. The Morgan fingerprint density at radius 2 is 0.833 bits per heavy atom. The fraction of sp³-hybridized carbons (Fsp3) is 0.0204. The van der Waals surface area contributed by atoms with E-state index in [0.29, 0.717) is 0 Å². The predicted molar refractivity (Wildman–Crippen MR) is 218 cm³/mol. The minimum atomic E-state index is -0.563. The Morgan fingerprint density at radius 3 is 1.46 bits per heavy atom. The van der Waals surface area contributed by atoms with Crippen molar-refractivity contribution in [2.75, 3.05) is 4.90 Å². The number of fused-ring (bicyclic) bond motifs is 14. The van der Waals surface area contributed by atoms with E-state index in [0.717, 1.165) is 83.6 Å². The number of furan rings is 2. The lowest BCUT2D eigenvalue weighted by molar-refractivity contribution is 0.431. The van der Waals surface area contributed by atoms with Crippen molar-refractivity contribution in [3.8, 4) is 11.5 Å². The van der Waals surface area contributed by atoms with Gasteiger partial charge in [-0.1, -0.05) is 109 Å². The largest absolute Gasteiger partial charge is 0.457 e. The van der Waals surface area contributed by atoms with Gasteiger partial charge in [0.25, 0.3) is 0 Å². The summed E-state index contributed by atoms with van der Waals surface area (Å²) in [6.07, 6.45) is 0. The molecule has 1 spiro atoms. The van der Waals surface area contributed by atoms with Gasteiger partial charge in [0.05, 0.1) is 5.41 Å². The zero-order valence-corrected chi connectivity index (χ0v) is 29.6. The third-order valence-corrected chi connectivity index (χ3v) is 12.3. The Balaban J connectivity index is 1.11. The number of ether oxygens (including phenoxy) is 1. The molecule has 2 aliphatic rings. The van der Waals surface area contributed by atoms with E-state index in [9.17, 15) is 0 Å². The molecule has 0 radical (unpaired) electrons.